The van der Waals surface area contributed by atoms with Gasteiger partial charge >= 0.3 is 0 Å². The summed E-state index contributed by atoms with van der Waals surface area (Å²) in [6, 6.07) is 13.2. The first-order valence-corrected chi connectivity index (χ1v) is 10.7. The number of nitrogens with zero attached hydrogens (tertiary/aromatic N) is 1. The first-order chi connectivity index (χ1) is 15.0. The number of carbonyl (C=O) groups excluding carboxylic acids is 2. The number of aliphatic hydroxyl groups is 2. The van der Waals surface area contributed by atoms with Crippen LogP contribution in [0.15, 0.2) is 58.6 Å². The van der Waals surface area contributed by atoms with Gasteiger partial charge in [-0.25, -0.2) is 0 Å². The normalized spacial score (nSPS) is 17.9. The Kier molecular flexibility index (Phi) is 7.84. The van der Waals surface area contributed by atoms with Crippen molar-refractivity contribution >= 4 is 33.4 Å². The molecule has 31 heavy (non-hydrogen) atoms. The van der Waals surface area contributed by atoms with Crippen molar-refractivity contribution in [1.29, 1.82) is 0 Å². The molecule has 164 valence electrons. The third-order valence-corrected chi connectivity index (χ3v) is 5.35. The summed E-state index contributed by atoms with van der Waals surface area (Å²) in [5.74, 6) is -1.06. The molecule has 1 fully saturated rings. The highest BCUT2D eigenvalue weighted by molar-refractivity contribution is 9.10. The van der Waals surface area contributed by atoms with Crippen LogP contribution in [0.25, 0.3) is 5.76 Å². The van der Waals surface area contributed by atoms with Crippen LogP contribution in [0.1, 0.15) is 24.1 Å². The van der Waals surface area contributed by atoms with Gasteiger partial charge in [-0.05, 0) is 48.9 Å². The summed E-state index contributed by atoms with van der Waals surface area (Å²) in [7, 11) is 0. The number of Topliss-reactive ketones (excluding diaryl/α,β-unsaturated/α-hetero) is 1. The van der Waals surface area contributed by atoms with Crippen LogP contribution in [0.4, 0.5) is 0 Å². The topological polar surface area (TPSA) is 96.3 Å². The molecule has 0 aromatic heterocycles. The summed E-state index contributed by atoms with van der Waals surface area (Å²) >= 11 is 3.42. The van der Waals surface area contributed by atoms with E-state index in [0.29, 0.717) is 23.5 Å². The van der Waals surface area contributed by atoms with Crippen LogP contribution in [0.2, 0.25) is 0 Å². The van der Waals surface area contributed by atoms with Crippen LogP contribution in [0.5, 0.6) is 5.75 Å². The Hall–Kier alpha value is -2.68. The molecule has 2 aromatic rings. The van der Waals surface area contributed by atoms with E-state index in [2.05, 4.69) is 15.9 Å². The van der Waals surface area contributed by atoms with E-state index in [9.17, 15) is 14.7 Å². The standard InChI is InChI=1S/C23H24BrNO6/c1-2-31-18-8-6-15(7-9-18)21(27)19-20(16-4-3-5-17(24)14-16)25(23(29)22(19)28)10-12-30-13-11-26/h3-9,14,20,26-27H,2,10-13H2,1H3/b21-19+/t20-/m0/s1. The zero-order chi connectivity index (χ0) is 22.4. The number of likely N-dealkylation sites (tertiary alicyclic amines) is 1. The summed E-state index contributed by atoms with van der Waals surface area (Å²) < 4.78 is 11.5. The number of hydrogen-bond acceptors (Lipinski definition) is 6. The Labute approximate surface area is 189 Å². The van der Waals surface area contributed by atoms with Crippen LogP contribution in [0.3, 0.4) is 0 Å². The number of amides is 1. The van der Waals surface area contributed by atoms with E-state index in [1.54, 1.807) is 36.4 Å². The van der Waals surface area contributed by atoms with Gasteiger partial charge in [-0.2, -0.15) is 0 Å². The largest absolute Gasteiger partial charge is 0.507 e. The van der Waals surface area contributed by atoms with Crippen molar-refractivity contribution in [2.75, 3.05) is 33.0 Å². The number of hydrogen-bond donors (Lipinski definition) is 2. The van der Waals surface area contributed by atoms with Gasteiger partial charge in [-0.15, -0.1) is 0 Å². The minimum absolute atomic E-state index is 0.0226. The van der Waals surface area contributed by atoms with Crippen LogP contribution in [-0.2, 0) is 14.3 Å². The lowest BCUT2D eigenvalue weighted by molar-refractivity contribution is -0.140. The SMILES string of the molecule is CCOc1ccc(/C(O)=C2\C(=O)C(=O)N(CCOCCO)[C@H]2c2cccc(Br)c2)cc1. The smallest absolute Gasteiger partial charge is 0.295 e. The molecule has 0 spiro atoms. The number of halogens is 1. The molecule has 1 aliphatic heterocycles. The van der Waals surface area contributed by atoms with E-state index >= 15 is 0 Å². The molecule has 0 radical (unpaired) electrons. The van der Waals surface area contributed by atoms with E-state index in [1.165, 1.54) is 4.90 Å². The lowest BCUT2D eigenvalue weighted by atomic mass is 9.95. The monoisotopic (exact) mass is 489 g/mol. The quantitative estimate of drug-likeness (QED) is 0.243. The average molecular weight is 490 g/mol. The maximum Gasteiger partial charge on any atom is 0.295 e. The molecule has 1 atom stereocenters. The molecule has 1 amide bonds. The van der Waals surface area contributed by atoms with Crippen LogP contribution in [0, 0.1) is 0 Å². The Morgan fingerprint density at radius 2 is 1.87 bits per heavy atom. The van der Waals surface area contributed by atoms with Crippen LogP contribution < -0.4 is 4.74 Å². The number of ketones is 1. The fourth-order valence-corrected chi connectivity index (χ4v) is 3.91. The van der Waals surface area contributed by atoms with E-state index < -0.39 is 17.7 Å². The summed E-state index contributed by atoms with van der Waals surface area (Å²) in [6.45, 7) is 2.68. The molecule has 0 unspecified atom stereocenters. The van der Waals surface area contributed by atoms with E-state index in [1.807, 2.05) is 19.1 Å². The first kappa shape index (κ1) is 23.0. The lowest BCUT2D eigenvalue weighted by Gasteiger charge is -2.25. The fourth-order valence-electron chi connectivity index (χ4n) is 3.49. The molecule has 2 N–H and O–H groups in total. The second-order valence-electron chi connectivity index (χ2n) is 6.84. The molecule has 2 aromatic carbocycles. The summed E-state index contributed by atoms with van der Waals surface area (Å²) in [4.78, 5) is 27.1. The van der Waals surface area contributed by atoms with Crippen molar-refractivity contribution < 1.29 is 29.3 Å². The lowest BCUT2D eigenvalue weighted by Crippen LogP contribution is -2.33. The van der Waals surface area contributed by atoms with E-state index in [0.717, 1.165) is 4.47 Å². The average Bonchev–Trinajstić information content (AvgIpc) is 3.02. The van der Waals surface area contributed by atoms with Gasteiger partial charge in [0.15, 0.2) is 0 Å². The van der Waals surface area contributed by atoms with Gasteiger partial charge in [0, 0.05) is 16.6 Å². The Bertz CT molecular complexity index is 972. The van der Waals surface area contributed by atoms with Crippen LogP contribution in [-0.4, -0.2) is 59.8 Å². The fraction of sp³-hybridized carbons (Fsp3) is 0.304. The summed E-state index contributed by atoms with van der Waals surface area (Å²) in [5.41, 5.74) is 1.12. The minimum atomic E-state index is -0.762. The molecule has 0 saturated carbocycles. The van der Waals surface area contributed by atoms with Gasteiger partial charge < -0.3 is 24.6 Å². The van der Waals surface area contributed by atoms with Crippen molar-refractivity contribution in [3.8, 4) is 5.75 Å². The Balaban J connectivity index is 2.03. The predicted octanol–water partition coefficient (Wildman–Crippen LogP) is 3.28. The Morgan fingerprint density at radius 3 is 2.52 bits per heavy atom. The molecule has 7 nitrogen and oxygen atoms in total. The predicted molar refractivity (Wildman–Crippen MR) is 119 cm³/mol. The highest BCUT2D eigenvalue weighted by Crippen LogP contribution is 2.40. The zero-order valence-corrected chi connectivity index (χ0v) is 18.7. The number of ether oxygens (including phenoxy) is 2. The molecular formula is C23H24BrNO6. The molecule has 8 heteroatoms. The highest BCUT2D eigenvalue weighted by atomic mass is 79.9. The molecule has 1 aliphatic rings. The highest BCUT2D eigenvalue weighted by Gasteiger charge is 2.45. The number of rotatable bonds is 9. The minimum Gasteiger partial charge on any atom is -0.507 e. The third kappa shape index (κ3) is 5.15. The number of benzene rings is 2. The van der Waals surface area contributed by atoms with Crippen molar-refractivity contribution in [3.05, 3.63) is 69.7 Å². The second-order valence-corrected chi connectivity index (χ2v) is 7.76. The van der Waals surface area contributed by atoms with Crippen LogP contribution >= 0.6 is 15.9 Å². The summed E-state index contributed by atoms with van der Waals surface area (Å²) in [6.07, 6.45) is 0. The zero-order valence-electron chi connectivity index (χ0n) is 17.1. The first-order valence-electron chi connectivity index (χ1n) is 9.93. The van der Waals surface area contributed by atoms with E-state index in [4.69, 9.17) is 14.6 Å². The molecule has 0 aliphatic carbocycles. The Morgan fingerprint density at radius 1 is 1.13 bits per heavy atom. The molecule has 1 heterocycles. The molecule has 3 rings (SSSR count). The van der Waals surface area contributed by atoms with Gasteiger partial charge in [0.2, 0.25) is 0 Å². The van der Waals surface area contributed by atoms with Gasteiger partial charge in [0.05, 0.1) is 38.0 Å². The van der Waals surface area contributed by atoms with Gasteiger partial charge in [-0.3, -0.25) is 9.59 Å². The van der Waals surface area contributed by atoms with Crippen molar-refractivity contribution in [2.45, 2.75) is 13.0 Å². The molecular weight excluding hydrogens is 466 g/mol. The number of aliphatic hydroxyl groups excluding tert-OH is 2. The van der Waals surface area contributed by atoms with Crippen molar-refractivity contribution in [3.63, 3.8) is 0 Å². The van der Waals surface area contributed by atoms with Gasteiger partial charge in [0.1, 0.15) is 11.5 Å². The second kappa shape index (κ2) is 10.6. The van der Waals surface area contributed by atoms with E-state index in [-0.39, 0.29) is 37.7 Å². The maximum absolute atomic E-state index is 12.9. The molecule has 0 bridgehead atoms. The van der Waals surface area contributed by atoms with Gasteiger partial charge in [0.25, 0.3) is 11.7 Å². The third-order valence-electron chi connectivity index (χ3n) is 4.86. The maximum atomic E-state index is 12.9. The van der Waals surface area contributed by atoms with Crippen molar-refractivity contribution in [1.82, 2.24) is 4.90 Å². The number of carbonyl (C=O) groups is 2. The van der Waals surface area contributed by atoms with Crippen molar-refractivity contribution in [2.24, 2.45) is 0 Å². The van der Waals surface area contributed by atoms with Gasteiger partial charge in [-0.1, -0.05) is 28.1 Å². The molecule has 1 saturated heterocycles. The summed E-state index contributed by atoms with van der Waals surface area (Å²) in [5, 5.41) is 19.9.